The molecule has 6 heteroatoms. The molecule has 2 heterocycles. The molecular formula is C15H17N5O. The van der Waals surface area contributed by atoms with E-state index in [1.54, 1.807) is 10.9 Å². The molecule has 1 aromatic carbocycles. The zero-order valence-corrected chi connectivity index (χ0v) is 11.5. The van der Waals surface area contributed by atoms with Gasteiger partial charge in [0, 0.05) is 30.2 Å². The number of aliphatic hydroxyl groups excluding tert-OH is 1. The largest absolute Gasteiger partial charge is 0.394 e. The van der Waals surface area contributed by atoms with E-state index in [0.717, 1.165) is 22.5 Å². The first-order chi connectivity index (χ1) is 10.3. The maximum atomic E-state index is 8.86. The summed E-state index contributed by atoms with van der Waals surface area (Å²) in [4.78, 5) is 0. The Balaban J connectivity index is 1.60. The molecule has 6 nitrogen and oxygen atoms in total. The van der Waals surface area contributed by atoms with E-state index >= 15 is 0 Å². The van der Waals surface area contributed by atoms with Crippen LogP contribution in [0, 0.1) is 0 Å². The number of aromatic amines is 1. The summed E-state index contributed by atoms with van der Waals surface area (Å²) in [7, 11) is 0. The van der Waals surface area contributed by atoms with Gasteiger partial charge < -0.3 is 10.4 Å². The number of nitrogens with one attached hydrogen (secondary N) is 2. The van der Waals surface area contributed by atoms with Gasteiger partial charge >= 0.3 is 0 Å². The lowest BCUT2D eigenvalue weighted by atomic mass is 10.1. The summed E-state index contributed by atoms with van der Waals surface area (Å²) in [5, 5.41) is 23.3. The van der Waals surface area contributed by atoms with Gasteiger partial charge in [-0.25, -0.2) is 0 Å². The Morgan fingerprint density at radius 1 is 1.19 bits per heavy atom. The average Bonchev–Trinajstić information content (AvgIpc) is 3.18. The predicted molar refractivity (Wildman–Crippen MR) is 80.7 cm³/mol. The molecule has 3 rings (SSSR count). The highest BCUT2D eigenvalue weighted by Gasteiger charge is 2.01. The molecule has 108 valence electrons. The van der Waals surface area contributed by atoms with Crippen LogP contribution in [0.15, 0.2) is 48.9 Å². The number of hydrogen-bond acceptors (Lipinski definition) is 4. The first-order valence-electron chi connectivity index (χ1n) is 6.81. The maximum Gasteiger partial charge on any atom is 0.0650 e. The third-order valence-electron chi connectivity index (χ3n) is 3.21. The van der Waals surface area contributed by atoms with E-state index in [4.69, 9.17) is 5.11 Å². The minimum Gasteiger partial charge on any atom is -0.394 e. The molecule has 0 aliphatic rings. The monoisotopic (exact) mass is 283 g/mol. The fourth-order valence-electron chi connectivity index (χ4n) is 2.11. The second-order valence-electron chi connectivity index (χ2n) is 4.74. The number of anilines is 1. The molecule has 3 aromatic rings. The molecule has 0 radical (unpaired) electrons. The summed E-state index contributed by atoms with van der Waals surface area (Å²) in [5.74, 6) is 0. The van der Waals surface area contributed by atoms with Crippen LogP contribution in [0.5, 0.6) is 0 Å². The van der Waals surface area contributed by atoms with Crippen LogP contribution in [-0.4, -0.2) is 31.7 Å². The second-order valence-corrected chi connectivity index (χ2v) is 4.74. The third kappa shape index (κ3) is 3.29. The van der Waals surface area contributed by atoms with Crippen molar-refractivity contribution in [3.05, 3.63) is 54.5 Å². The maximum absolute atomic E-state index is 8.86. The van der Waals surface area contributed by atoms with E-state index in [0.29, 0.717) is 13.1 Å². The van der Waals surface area contributed by atoms with E-state index < -0.39 is 0 Å². The Morgan fingerprint density at radius 3 is 2.76 bits per heavy atom. The van der Waals surface area contributed by atoms with Crippen LogP contribution in [0.4, 0.5) is 5.69 Å². The zero-order chi connectivity index (χ0) is 14.5. The van der Waals surface area contributed by atoms with Crippen LogP contribution < -0.4 is 5.32 Å². The van der Waals surface area contributed by atoms with Gasteiger partial charge in [0.2, 0.25) is 0 Å². The van der Waals surface area contributed by atoms with Crippen molar-refractivity contribution < 1.29 is 5.11 Å². The minimum absolute atomic E-state index is 0.101. The lowest BCUT2D eigenvalue weighted by Crippen LogP contribution is -2.02. The predicted octanol–water partition coefficient (Wildman–Crippen LogP) is 1.88. The smallest absolute Gasteiger partial charge is 0.0650 e. The fourth-order valence-corrected chi connectivity index (χ4v) is 2.11. The summed E-state index contributed by atoms with van der Waals surface area (Å²) >= 11 is 0. The van der Waals surface area contributed by atoms with Crippen LogP contribution in [0.3, 0.4) is 0 Å². The molecule has 0 atom stereocenters. The van der Waals surface area contributed by atoms with E-state index in [2.05, 4.69) is 20.6 Å². The van der Waals surface area contributed by atoms with Crippen LogP contribution in [0.2, 0.25) is 0 Å². The third-order valence-corrected chi connectivity index (χ3v) is 3.21. The van der Waals surface area contributed by atoms with E-state index in [1.165, 1.54) is 0 Å². The number of benzene rings is 1. The highest BCUT2D eigenvalue weighted by Crippen LogP contribution is 2.19. The Hall–Kier alpha value is -2.60. The summed E-state index contributed by atoms with van der Waals surface area (Å²) < 4.78 is 1.73. The van der Waals surface area contributed by atoms with Gasteiger partial charge in [0.15, 0.2) is 0 Å². The molecule has 21 heavy (non-hydrogen) atoms. The van der Waals surface area contributed by atoms with Gasteiger partial charge in [0.05, 0.1) is 25.0 Å². The molecule has 0 amide bonds. The molecule has 2 aromatic heterocycles. The number of nitrogens with zero attached hydrogens (tertiary/aromatic N) is 3. The van der Waals surface area contributed by atoms with E-state index in [1.807, 2.05) is 42.7 Å². The van der Waals surface area contributed by atoms with Gasteiger partial charge in [-0.05, 0) is 23.8 Å². The topological polar surface area (TPSA) is 78.8 Å². The average molecular weight is 283 g/mol. The Bertz CT molecular complexity index is 672. The summed E-state index contributed by atoms with van der Waals surface area (Å²) in [6.45, 7) is 1.33. The van der Waals surface area contributed by atoms with Crippen molar-refractivity contribution in [3.8, 4) is 11.3 Å². The first kappa shape index (κ1) is 13.4. The van der Waals surface area contributed by atoms with Crippen molar-refractivity contribution in [3.63, 3.8) is 0 Å². The summed E-state index contributed by atoms with van der Waals surface area (Å²) in [6.07, 6.45) is 5.48. The van der Waals surface area contributed by atoms with Gasteiger partial charge in [0.25, 0.3) is 0 Å². The number of rotatable bonds is 6. The highest BCUT2D eigenvalue weighted by molar-refractivity contribution is 5.62. The van der Waals surface area contributed by atoms with Gasteiger partial charge in [-0.2, -0.15) is 10.2 Å². The Kier molecular flexibility index (Phi) is 3.97. The lowest BCUT2D eigenvalue weighted by molar-refractivity contribution is 0.269. The van der Waals surface area contributed by atoms with Crippen molar-refractivity contribution in [1.82, 2.24) is 20.0 Å². The van der Waals surface area contributed by atoms with Crippen LogP contribution in [0.1, 0.15) is 5.56 Å². The number of aromatic nitrogens is 4. The van der Waals surface area contributed by atoms with Crippen LogP contribution in [0.25, 0.3) is 11.3 Å². The first-order valence-corrected chi connectivity index (χ1v) is 6.81. The van der Waals surface area contributed by atoms with Gasteiger partial charge in [-0.15, -0.1) is 0 Å². The van der Waals surface area contributed by atoms with Crippen LogP contribution >= 0.6 is 0 Å². The van der Waals surface area contributed by atoms with Gasteiger partial charge in [-0.1, -0.05) is 12.1 Å². The normalized spacial score (nSPS) is 10.7. The van der Waals surface area contributed by atoms with Crippen LogP contribution in [-0.2, 0) is 13.1 Å². The minimum atomic E-state index is 0.101. The number of hydrogen-bond donors (Lipinski definition) is 3. The molecule has 0 spiro atoms. The van der Waals surface area contributed by atoms with Crippen molar-refractivity contribution in [2.45, 2.75) is 13.1 Å². The standard InChI is InChI=1S/C15H17N5O/c21-8-7-20-11-12(10-18-20)9-16-14-3-1-13(2-4-14)15-5-6-17-19-15/h1-6,10-11,16,21H,7-9H2,(H,17,19). The van der Waals surface area contributed by atoms with Crippen molar-refractivity contribution in [2.24, 2.45) is 0 Å². The molecule has 0 bridgehead atoms. The Morgan fingerprint density at radius 2 is 2.05 bits per heavy atom. The van der Waals surface area contributed by atoms with E-state index in [-0.39, 0.29) is 6.61 Å². The van der Waals surface area contributed by atoms with Crippen molar-refractivity contribution in [2.75, 3.05) is 11.9 Å². The molecule has 0 saturated carbocycles. The molecule has 0 saturated heterocycles. The quantitative estimate of drug-likeness (QED) is 0.645. The molecule has 0 aliphatic carbocycles. The fraction of sp³-hybridized carbons (Fsp3) is 0.200. The molecule has 0 unspecified atom stereocenters. The number of aliphatic hydroxyl groups is 1. The second kappa shape index (κ2) is 6.23. The SMILES string of the molecule is OCCn1cc(CNc2ccc(-c3ccn[nH]3)cc2)cn1. The summed E-state index contributed by atoms with van der Waals surface area (Å²) in [5.41, 5.74) is 4.25. The van der Waals surface area contributed by atoms with Gasteiger partial charge in [0.1, 0.15) is 0 Å². The van der Waals surface area contributed by atoms with Gasteiger partial charge in [-0.3, -0.25) is 9.78 Å². The zero-order valence-electron chi connectivity index (χ0n) is 11.5. The molecular weight excluding hydrogens is 266 g/mol. The van der Waals surface area contributed by atoms with E-state index in [9.17, 15) is 0 Å². The van der Waals surface area contributed by atoms with Crippen molar-refractivity contribution in [1.29, 1.82) is 0 Å². The Labute approximate surface area is 122 Å². The summed E-state index contributed by atoms with van der Waals surface area (Å²) in [6, 6.07) is 10.1. The lowest BCUT2D eigenvalue weighted by Gasteiger charge is -2.05. The highest BCUT2D eigenvalue weighted by atomic mass is 16.3. The molecule has 0 fully saturated rings. The molecule has 3 N–H and O–H groups in total. The van der Waals surface area contributed by atoms with Crippen molar-refractivity contribution >= 4 is 5.69 Å². The number of H-pyrrole nitrogens is 1. The molecule has 0 aliphatic heterocycles.